The van der Waals surface area contributed by atoms with Gasteiger partial charge in [0, 0.05) is 19.6 Å². The summed E-state index contributed by atoms with van der Waals surface area (Å²) in [4.78, 5) is 13.9. The van der Waals surface area contributed by atoms with Crippen molar-refractivity contribution in [3.05, 3.63) is 17.8 Å². The molecule has 0 aliphatic carbocycles. The maximum atomic E-state index is 11.7. The summed E-state index contributed by atoms with van der Waals surface area (Å²) < 4.78 is 5.25. The molecule has 0 saturated carbocycles. The standard InChI is InChI=1S/C16H26N4O2/c1-12-5-6-14(19-18-12)20-9-7-13(8-10-20)11-17-15(21)22-16(2,3)4/h5-6,13H,7-11H2,1-4H3,(H,17,21). The molecule has 6 nitrogen and oxygen atoms in total. The molecule has 1 aromatic rings. The highest BCUT2D eigenvalue weighted by molar-refractivity contribution is 5.67. The zero-order valence-electron chi connectivity index (χ0n) is 13.9. The average Bonchev–Trinajstić information content (AvgIpc) is 2.45. The van der Waals surface area contributed by atoms with Crippen LogP contribution >= 0.6 is 0 Å². The van der Waals surface area contributed by atoms with Gasteiger partial charge >= 0.3 is 6.09 Å². The van der Waals surface area contributed by atoms with Gasteiger partial charge in [-0.1, -0.05) is 0 Å². The molecule has 1 N–H and O–H groups in total. The third kappa shape index (κ3) is 5.16. The van der Waals surface area contributed by atoms with Crippen LogP contribution in [0.5, 0.6) is 0 Å². The Morgan fingerprint density at radius 1 is 1.32 bits per heavy atom. The van der Waals surface area contributed by atoms with E-state index in [1.807, 2.05) is 39.8 Å². The second-order valence-corrected chi connectivity index (χ2v) is 6.85. The van der Waals surface area contributed by atoms with Gasteiger partial charge in [0.15, 0.2) is 5.82 Å². The molecule has 0 bridgehead atoms. The highest BCUT2D eigenvalue weighted by atomic mass is 16.6. The number of nitrogens with one attached hydrogen (secondary N) is 1. The van der Waals surface area contributed by atoms with Crippen molar-refractivity contribution in [3.8, 4) is 0 Å². The molecule has 1 aliphatic heterocycles. The quantitative estimate of drug-likeness (QED) is 0.929. The number of carbonyl (C=O) groups excluding carboxylic acids is 1. The summed E-state index contributed by atoms with van der Waals surface area (Å²) >= 11 is 0. The van der Waals surface area contributed by atoms with Crippen molar-refractivity contribution in [1.29, 1.82) is 0 Å². The maximum absolute atomic E-state index is 11.7. The number of amides is 1. The summed E-state index contributed by atoms with van der Waals surface area (Å²) in [5.41, 5.74) is 0.484. The zero-order chi connectivity index (χ0) is 16.2. The van der Waals surface area contributed by atoms with E-state index in [9.17, 15) is 4.79 Å². The number of ether oxygens (including phenoxy) is 1. The molecule has 0 atom stereocenters. The number of alkyl carbamates (subject to hydrolysis) is 1. The van der Waals surface area contributed by atoms with Gasteiger partial charge in [-0.05, 0) is 58.6 Å². The van der Waals surface area contributed by atoms with E-state index in [2.05, 4.69) is 20.4 Å². The van der Waals surface area contributed by atoms with Gasteiger partial charge in [0.25, 0.3) is 0 Å². The number of rotatable bonds is 3. The van der Waals surface area contributed by atoms with Gasteiger partial charge in [-0.15, -0.1) is 5.10 Å². The van der Waals surface area contributed by atoms with Crippen LogP contribution < -0.4 is 10.2 Å². The van der Waals surface area contributed by atoms with Crippen LogP contribution in [0.3, 0.4) is 0 Å². The van der Waals surface area contributed by atoms with Gasteiger partial charge in [0.05, 0.1) is 5.69 Å². The normalized spacial score (nSPS) is 16.5. The van der Waals surface area contributed by atoms with Crippen molar-refractivity contribution in [2.75, 3.05) is 24.5 Å². The summed E-state index contributed by atoms with van der Waals surface area (Å²) in [7, 11) is 0. The Hall–Kier alpha value is -1.85. The molecule has 2 heterocycles. The third-order valence-electron chi connectivity index (χ3n) is 3.66. The minimum absolute atomic E-state index is 0.334. The molecule has 2 rings (SSSR count). The van der Waals surface area contributed by atoms with Gasteiger partial charge in [0.2, 0.25) is 0 Å². The third-order valence-corrected chi connectivity index (χ3v) is 3.66. The Bertz CT molecular complexity index is 488. The van der Waals surface area contributed by atoms with Crippen molar-refractivity contribution in [1.82, 2.24) is 15.5 Å². The molecule has 1 aromatic heterocycles. The smallest absolute Gasteiger partial charge is 0.407 e. The average molecular weight is 306 g/mol. The molecule has 1 amide bonds. The number of hydrogen-bond acceptors (Lipinski definition) is 5. The van der Waals surface area contributed by atoms with Crippen LogP contribution in [0.4, 0.5) is 10.6 Å². The molecule has 1 saturated heterocycles. The summed E-state index contributed by atoms with van der Waals surface area (Å²) in [5.74, 6) is 1.42. The molecule has 1 aliphatic rings. The fourth-order valence-corrected chi connectivity index (χ4v) is 2.47. The van der Waals surface area contributed by atoms with Gasteiger partial charge in [-0.3, -0.25) is 0 Å². The summed E-state index contributed by atoms with van der Waals surface area (Å²) in [6.45, 7) is 10.1. The summed E-state index contributed by atoms with van der Waals surface area (Å²) in [6, 6.07) is 4.00. The molecular formula is C16H26N4O2. The Morgan fingerprint density at radius 3 is 2.55 bits per heavy atom. The van der Waals surface area contributed by atoms with Crippen LogP contribution in [-0.2, 0) is 4.74 Å². The fraction of sp³-hybridized carbons (Fsp3) is 0.688. The molecule has 0 unspecified atom stereocenters. The number of hydrogen-bond donors (Lipinski definition) is 1. The van der Waals surface area contributed by atoms with E-state index in [4.69, 9.17) is 4.74 Å². The Morgan fingerprint density at radius 2 is 2.00 bits per heavy atom. The number of piperidine rings is 1. The van der Waals surface area contributed by atoms with Crippen molar-refractivity contribution >= 4 is 11.9 Å². The molecule has 0 radical (unpaired) electrons. The predicted octanol–water partition coefficient (Wildman–Crippen LogP) is 2.53. The molecular weight excluding hydrogens is 280 g/mol. The fourth-order valence-electron chi connectivity index (χ4n) is 2.47. The van der Waals surface area contributed by atoms with Gasteiger partial charge < -0.3 is 15.0 Å². The zero-order valence-corrected chi connectivity index (χ0v) is 13.9. The lowest BCUT2D eigenvalue weighted by atomic mass is 9.97. The summed E-state index contributed by atoms with van der Waals surface area (Å²) in [5, 5.41) is 11.2. The van der Waals surface area contributed by atoms with Crippen LogP contribution in [0.25, 0.3) is 0 Å². The minimum atomic E-state index is -0.447. The van der Waals surface area contributed by atoms with Crippen LogP contribution in [0.2, 0.25) is 0 Å². The topological polar surface area (TPSA) is 67.4 Å². The number of aromatic nitrogens is 2. The first-order chi connectivity index (χ1) is 10.3. The predicted molar refractivity (Wildman–Crippen MR) is 85.9 cm³/mol. The van der Waals surface area contributed by atoms with E-state index < -0.39 is 5.60 Å². The minimum Gasteiger partial charge on any atom is -0.444 e. The lowest BCUT2D eigenvalue weighted by Gasteiger charge is -2.32. The Kier molecular flexibility index (Phi) is 5.21. The van der Waals surface area contributed by atoms with Crippen LogP contribution in [0, 0.1) is 12.8 Å². The van der Waals surface area contributed by atoms with Crippen molar-refractivity contribution in [2.45, 2.75) is 46.1 Å². The van der Waals surface area contributed by atoms with E-state index in [1.54, 1.807) is 0 Å². The first kappa shape index (κ1) is 16.5. The van der Waals surface area contributed by atoms with Gasteiger partial charge in [-0.25, -0.2) is 4.79 Å². The van der Waals surface area contributed by atoms with Crippen LogP contribution in [0.15, 0.2) is 12.1 Å². The monoisotopic (exact) mass is 306 g/mol. The Labute approximate surface area is 132 Å². The van der Waals surface area contributed by atoms with Crippen LogP contribution in [-0.4, -0.2) is 41.5 Å². The van der Waals surface area contributed by atoms with Crippen LogP contribution in [0.1, 0.15) is 39.3 Å². The number of aryl methyl sites for hydroxylation is 1. The molecule has 122 valence electrons. The highest BCUT2D eigenvalue weighted by Gasteiger charge is 2.22. The van der Waals surface area contributed by atoms with E-state index in [0.29, 0.717) is 12.5 Å². The molecule has 22 heavy (non-hydrogen) atoms. The molecule has 6 heteroatoms. The molecule has 0 spiro atoms. The Balaban J connectivity index is 1.73. The van der Waals surface area contributed by atoms with Gasteiger partial charge in [0.1, 0.15) is 5.60 Å². The van der Waals surface area contributed by atoms with E-state index >= 15 is 0 Å². The van der Waals surface area contributed by atoms with Crippen molar-refractivity contribution < 1.29 is 9.53 Å². The number of nitrogens with zero attached hydrogens (tertiary/aromatic N) is 3. The number of anilines is 1. The van der Waals surface area contributed by atoms with E-state index in [0.717, 1.165) is 37.4 Å². The van der Waals surface area contributed by atoms with Crippen molar-refractivity contribution in [2.24, 2.45) is 5.92 Å². The van der Waals surface area contributed by atoms with E-state index in [1.165, 1.54) is 0 Å². The van der Waals surface area contributed by atoms with Crippen molar-refractivity contribution in [3.63, 3.8) is 0 Å². The lowest BCUT2D eigenvalue weighted by Crippen LogP contribution is -2.40. The molecule has 0 aromatic carbocycles. The second-order valence-electron chi connectivity index (χ2n) is 6.85. The molecule has 1 fully saturated rings. The first-order valence-corrected chi connectivity index (χ1v) is 7.85. The first-order valence-electron chi connectivity index (χ1n) is 7.85. The van der Waals surface area contributed by atoms with E-state index in [-0.39, 0.29) is 6.09 Å². The lowest BCUT2D eigenvalue weighted by molar-refractivity contribution is 0.0517. The SMILES string of the molecule is Cc1ccc(N2CCC(CNC(=O)OC(C)(C)C)CC2)nn1. The second kappa shape index (κ2) is 6.94. The maximum Gasteiger partial charge on any atom is 0.407 e. The summed E-state index contributed by atoms with van der Waals surface area (Å²) in [6.07, 6.45) is 1.73. The number of carbonyl (C=O) groups is 1. The van der Waals surface area contributed by atoms with Gasteiger partial charge in [-0.2, -0.15) is 5.10 Å². The highest BCUT2D eigenvalue weighted by Crippen LogP contribution is 2.21. The largest absolute Gasteiger partial charge is 0.444 e.